The molecular weight excluding hydrogens is 410 g/mol. The molecule has 1 fully saturated rings. The Hall–Kier alpha value is -2.53. The quantitative estimate of drug-likeness (QED) is 0.522. The summed E-state index contributed by atoms with van der Waals surface area (Å²) in [6.07, 6.45) is 5.54. The summed E-state index contributed by atoms with van der Waals surface area (Å²) in [5.74, 6) is 1.97. The maximum Gasteiger partial charge on any atom is 0.223 e. The molecule has 0 spiro atoms. The molecule has 0 saturated heterocycles. The fourth-order valence-electron chi connectivity index (χ4n) is 4.43. The van der Waals surface area contributed by atoms with E-state index in [-0.39, 0.29) is 11.8 Å². The van der Waals surface area contributed by atoms with E-state index in [1.54, 1.807) is 0 Å². The second kappa shape index (κ2) is 9.73. The van der Waals surface area contributed by atoms with Gasteiger partial charge in [-0.3, -0.25) is 4.79 Å². The number of nitrogens with one attached hydrogen (secondary N) is 1. The van der Waals surface area contributed by atoms with Crippen LogP contribution in [-0.2, 0) is 17.9 Å². The van der Waals surface area contributed by atoms with Gasteiger partial charge in [0.05, 0.1) is 24.1 Å². The van der Waals surface area contributed by atoms with E-state index in [9.17, 15) is 4.79 Å². The summed E-state index contributed by atoms with van der Waals surface area (Å²) in [6, 6.07) is 12.0. The van der Waals surface area contributed by atoms with E-state index in [0.717, 1.165) is 64.4 Å². The molecule has 4 rings (SSSR count). The lowest BCUT2D eigenvalue weighted by Gasteiger charge is -2.20. The van der Waals surface area contributed by atoms with Gasteiger partial charge in [0.25, 0.3) is 0 Å². The van der Waals surface area contributed by atoms with E-state index in [0.29, 0.717) is 19.7 Å². The van der Waals surface area contributed by atoms with Crippen LogP contribution >= 0.6 is 11.6 Å². The van der Waals surface area contributed by atoms with Gasteiger partial charge in [-0.1, -0.05) is 43.0 Å². The Labute approximate surface area is 188 Å². The van der Waals surface area contributed by atoms with Crippen molar-refractivity contribution in [1.29, 1.82) is 0 Å². The molecule has 1 saturated carbocycles. The summed E-state index contributed by atoms with van der Waals surface area (Å²) in [6.45, 7) is 5.56. The highest BCUT2D eigenvalue weighted by atomic mass is 35.5. The maximum atomic E-state index is 12.6. The first-order chi connectivity index (χ1) is 15.0. The Morgan fingerprint density at radius 3 is 2.61 bits per heavy atom. The molecule has 1 aliphatic carbocycles. The third-order valence-corrected chi connectivity index (χ3v) is 6.72. The molecule has 1 N–H and O–H groups in total. The van der Waals surface area contributed by atoms with Gasteiger partial charge in [-0.2, -0.15) is 0 Å². The normalized spacial score (nSPS) is 14.7. The molecule has 0 unspecified atom stereocenters. The van der Waals surface area contributed by atoms with Crippen LogP contribution in [0.15, 0.2) is 36.4 Å². The third-order valence-electron chi connectivity index (χ3n) is 6.12. The second-order valence-electron chi connectivity index (χ2n) is 8.44. The molecule has 1 amide bonds. The van der Waals surface area contributed by atoms with E-state index in [4.69, 9.17) is 21.3 Å². The van der Waals surface area contributed by atoms with Crippen LogP contribution in [0.1, 0.15) is 49.1 Å². The molecule has 0 atom stereocenters. The molecule has 5 nitrogen and oxygen atoms in total. The van der Waals surface area contributed by atoms with Crippen LogP contribution in [0.4, 0.5) is 0 Å². The first kappa shape index (κ1) is 21.7. The summed E-state index contributed by atoms with van der Waals surface area (Å²) < 4.78 is 8.17. The van der Waals surface area contributed by atoms with E-state index >= 15 is 0 Å². The Balaban J connectivity index is 1.45. The Morgan fingerprint density at radius 2 is 1.87 bits per heavy atom. The SMILES string of the molecule is Cc1cc(OCCn2c(CNC(=O)C3CCCCC3)nc3ccccc32)cc(C)c1Cl. The highest BCUT2D eigenvalue weighted by Gasteiger charge is 2.21. The van der Waals surface area contributed by atoms with Crippen LogP contribution in [0.2, 0.25) is 5.02 Å². The molecule has 3 aromatic rings. The maximum absolute atomic E-state index is 12.6. The topological polar surface area (TPSA) is 56.1 Å². The van der Waals surface area contributed by atoms with Crippen LogP contribution in [0.3, 0.4) is 0 Å². The number of carbonyl (C=O) groups is 1. The summed E-state index contributed by atoms with van der Waals surface area (Å²) in [5, 5.41) is 3.90. The number of carbonyl (C=O) groups excluding carboxylic acids is 1. The minimum absolute atomic E-state index is 0.145. The molecule has 0 aliphatic heterocycles. The van der Waals surface area contributed by atoms with Crippen LogP contribution in [0.5, 0.6) is 5.75 Å². The number of fused-ring (bicyclic) bond motifs is 1. The highest BCUT2D eigenvalue weighted by Crippen LogP contribution is 2.26. The van der Waals surface area contributed by atoms with Crippen molar-refractivity contribution in [3.8, 4) is 5.75 Å². The number of imidazole rings is 1. The lowest BCUT2D eigenvalue weighted by Crippen LogP contribution is -2.32. The van der Waals surface area contributed by atoms with Crippen molar-refractivity contribution in [3.63, 3.8) is 0 Å². The molecule has 2 aromatic carbocycles. The van der Waals surface area contributed by atoms with Crippen molar-refractivity contribution in [1.82, 2.24) is 14.9 Å². The summed E-state index contributed by atoms with van der Waals surface area (Å²) >= 11 is 6.26. The zero-order valence-electron chi connectivity index (χ0n) is 18.3. The molecular formula is C25H30ClN3O2. The average Bonchev–Trinajstić information content (AvgIpc) is 3.14. The predicted molar refractivity (Wildman–Crippen MR) is 125 cm³/mol. The van der Waals surface area contributed by atoms with Gasteiger partial charge in [0, 0.05) is 10.9 Å². The average molecular weight is 440 g/mol. The van der Waals surface area contributed by atoms with E-state index in [1.165, 1.54) is 6.42 Å². The number of rotatable bonds is 7. The van der Waals surface area contributed by atoms with Crippen LogP contribution in [-0.4, -0.2) is 22.1 Å². The number of halogens is 1. The molecule has 31 heavy (non-hydrogen) atoms. The number of hydrogen-bond donors (Lipinski definition) is 1. The van der Waals surface area contributed by atoms with Crippen LogP contribution in [0.25, 0.3) is 11.0 Å². The number of benzene rings is 2. The van der Waals surface area contributed by atoms with Gasteiger partial charge in [-0.05, 0) is 62.1 Å². The van der Waals surface area contributed by atoms with E-state index < -0.39 is 0 Å². The Morgan fingerprint density at radius 1 is 1.16 bits per heavy atom. The predicted octanol–water partition coefficient (Wildman–Crippen LogP) is 5.58. The monoisotopic (exact) mass is 439 g/mol. The molecule has 6 heteroatoms. The number of para-hydroxylation sites is 2. The zero-order chi connectivity index (χ0) is 21.8. The number of aromatic nitrogens is 2. The largest absolute Gasteiger partial charge is 0.492 e. The minimum atomic E-state index is 0.145. The van der Waals surface area contributed by atoms with Crippen molar-refractivity contribution in [2.24, 2.45) is 5.92 Å². The van der Waals surface area contributed by atoms with Gasteiger partial charge in [0.2, 0.25) is 5.91 Å². The Kier molecular flexibility index (Phi) is 6.81. The van der Waals surface area contributed by atoms with Crippen LogP contribution < -0.4 is 10.1 Å². The van der Waals surface area contributed by atoms with Gasteiger partial charge in [0.15, 0.2) is 0 Å². The second-order valence-corrected chi connectivity index (χ2v) is 8.82. The first-order valence-corrected chi connectivity index (χ1v) is 11.5. The molecule has 0 bridgehead atoms. The number of aryl methyl sites for hydroxylation is 2. The number of hydrogen-bond acceptors (Lipinski definition) is 3. The lowest BCUT2D eigenvalue weighted by atomic mass is 9.89. The van der Waals surface area contributed by atoms with E-state index in [1.807, 2.05) is 44.2 Å². The summed E-state index contributed by atoms with van der Waals surface area (Å²) in [7, 11) is 0. The summed E-state index contributed by atoms with van der Waals surface area (Å²) in [4.78, 5) is 17.4. The van der Waals surface area contributed by atoms with Gasteiger partial charge in [-0.15, -0.1) is 0 Å². The number of nitrogens with zero attached hydrogens (tertiary/aromatic N) is 2. The summed E-state index contributed by atoms with van der Waals surface area (Å²) in [5.41, 5.74) is 4.01. The van der Waals surface area contributed by atoms with Crippen molar-refractivity contribution in [3.05, 3.63) is 58.4 Å². The highest BCUT2D eigenvalue weighted by molar-refractivity contribution is 6.32. The van der Waals surface area contributed by atoms with Gasteiger partial charge in [-0.25, -0.2) is 4.98 Å². The fraction of sp³-hybridized carbons (Fsp3) is 0.440. The number of ether oxygens (including phenoxy) is 1. The molecule has 0 radical (unpaired) electrons. The van der Waals surface area contributed by atoms with E-state index in [2.05, 4.69) is 16.0 Å². The Bertz CT molecular complexity index is 1050. The lowest BCUT2D eigenvalue weighted by molar-refractivity contribution is -0.126. The van der Waals surface area contributed by atoms with Gasteiger partial charge in [0.1, 0.15) is 18.2 Å². The third kappa shape index (κ3) is 5.04. The molecule has 1 aromatic heterocycles. The zero-order valence-corrected chi connectivity index (χ0v) is 19.0. The molecule has 1 heterocycles. The fourth-order valence-corrected chi connectivity index (χ4v) is 4.54. The van der Waals surface area contributed by atoms with Gasteiger partial charge >= 0.3 is 0 Å². The van der Waals surface area contributed by atoms with Gasteiger partial charge < -0.3 is 14.6 Å². The van der Waals surface area contributed by atoms with Crippen molar-refractivity contribution < 1.29 is 9.53 Å². The van der Waals surface area contributed by atoms with Crippen LogP contribution in [0, 0.1) is 19.8 Å². The van der Waals surface area contributed by atoms with Crippen molar-refractivity contribution >= 4 is 28.5 Å². The van der Waals surface area contributed by atoms with Crippen molar-refractivity contribution in [2.75, 3.05) is 6.61 Å². The molecule has 1 aliphatic rings. The smallest absolute Gasteiger partial charge is 0.223 e. The number of amides is 1. The minimum Gasteiger partial charge on any atom is -0.492 e. The standard InChI is InChI=1S/C25H30ClN3O2/c1-17-14-20(15-18(2)24(17)26)31-13-12-29-22-11-7-6-10-21(22)28-23(29)16-27-25(30)19-8-4-3-5-9-19/h6-7,10-11,14-15,19H,3-5,8-9,12-13,16H2,1-2H3,(H,27,30). The first-order valence-electron chi connectivity index (χ1n) is 11.1. The van der Waals surface area contributed by atoms with Crippen molar-refractivity contribution in [2.45, 2.75) is 59.0 Å². The molecule has 164 valence electrons.